The van der Waals surface area contributed by atoms with E-state index in [4.69, 9.17) is 0 Å². The Morgan fingerprint density at radius 3 is 1.08 bits per heavy atom. The second-order valence-electron chi connectivity index (χ2n) is 13.1. The van der Waals surface area contributed by atoms with Crippen molar-refractivity contribution in [3.63, 3.8) is 0 Å². The van der Waals surface area contributed by atoms with E-state index in [9.17, 15) is 66.3 Å². The van der Waals surface area contributed by atoms with Gasteiger partial charge in [0.15, 0.2) is 0 Å². The summed E-state index contributed by atoms with van der Waals surface area (Å²) in [6.07, 6.45) is 0. The highest BCUT2D eigenvalue weighted by Crippen LogP contribution is 2.33. The summed E-state index contributed by atoms with van der Waals surface area (Å²) in [5.41, 5.74) is 0.223. The number of anilines is 4. The smallest absolute Gasteiger partial charge is 0.323 e. The molecule has 0 aromatic heterocycles. The summed E-state index contributed by atoms with van der Waals surface area (Å²) >= 11 is 0. The van der Waals surface area contributed by atoms with Gasteiger partial charge in [0.25, 0.3) is 11.8 Å². The van der Waals surface area contributed by atoms with E-state index in [0.29, 0.717) is 11.1 Å². The SMILES string of the molecule is Cc1ccc(C(=O)Nc2cc(S(=O)(=O)[O-])cc3ccc(S(=O)(=O)[O-])cc23)cc1NC(=O)Nc1cc(C(=O)Nc2cc(S(=O)(=O)[O-])cc3ccc(S(=O)(=O)[O-])cc23)ccc1C. The molecule has 60 heavy (non-hydrogen) atoms. The molecular formula is C37H26N4O15S4-4. The van der Waals surface area contributed by atoms with Crippen LogP contribution in [0.5, 0.6) is 0 Å². The molecule has 0 aliphatic heterocycles. The van der Waals surface area contributed by atoms with E-state index in [1.165, 1.54) is 36.4 Å². The molecule has 312 valence electrons. The molecule has 19 nitrogen and oxygen atoms in total. The van der Waals surface area contributed by atoms with Crippen molar-refractivity contribution in [2.24, 2.45) is 0 Å². The Balaban J connectivity index is 1.24. The lowest BCUT2D eigenvalue weighted by Gasteiger charge is -2.17. The summed E-state index contributed by atoms with van der Waals surface area (Å²) in [6, 6.07) is 16.5. The van der Waals surface area contributed by atoms with Crippen LogP contribution in [0.1, 0.15) is 31.8 Å². The van der Waals surface area contributed by atoms with Crippen molar-refractivity contribution >= 4 is 103 Å². The predicted molar refractivity (Wildman–Crippen MR) is 211 cm³/mol. The van der Waals surface area contributed by atoms with Crippen LogP contribution in [0.25, 0.3) is 21.5 Å². The van der Waals surface area contributed by atoms with Crippen LogP contribution < -0.4 is 21.3 Å². The lowest BCUT2D eigenvalue weighted by molar-refractivity contribution is 0.101. The van der Waals surface area contributed by atoms with Crippen molar-refractivity contribution in [1.29, 1.82) is 0 Å². The zero-order chi connectivity index (χ0) is 44.1. The molecular weight excluding hydrogens is 869 g/mol. The highest BCUT2D eigenvalue weighted by atomic mass is 32.2. The quantitative estimate of drug-likeness (QED) is 0.139. The molecule has 6 rings (SSSR count). The molecule has 0 saturated heterocycles. The Labute approximate surface area is 341 Å². The van der Waals surface area contributed by atoms with Gasteiger partial charge >= 0.3 is 6.03 Å². The normalized spacial score (nSPS) is 12.2. The summed E-state index contributed by atoms with van der Waals surface area (Å²) < 4.78 is 141. The second kappa shape index (κ2) is 15.7. The van der Waals surface area contributed by atoms with Gasteiger partial charge < -0.3 is 39.5 Å². The molecule has 0 atom stereocenters. The minimum atomic E-state index is -5.07. The van der Waals surface area contributed by atoms with Gasteiger partial charge in [-0.05, 0) is 109 Å². The lowest BCUT2D eigenvalue weighted by Crippen LogP contribution is -2.22. The number of fused-ring (bicyclic) bond motifs is 2. The van der Waals surface area contributed by atoms with E-state index in [2.05, 4.69) is 21.3 Å². The standard InChI is InChI=1S/C37H30N4O15S4/c1-19-3-5-23(35(42)38-33-17-27(59(51,52)53)11-21-7-9-25(15-29(21)33)57(45,46)47)13-31(19)40-37(44)41-32-14-24(6-4-20(32)2)36(43)39-34-18-28(60(54,55)56)12-22-8-10-26(16-30(22)34)58(48,49)50/h3-18H,1-2H3,(H,38,42)(H,39,43)(H2,40,41,44)(H,45,46,47)(H,48,49,50)(H,51,52,53)(H,54,55,56)/p-4. The fraction of sp³-hybridized carbons (Fsp3) is 0.0541. The van der Waals surface area contributed by atoms with E-state index in [0.717, 1.165) is 60.7 Å². The predicted octanol–water partition coefficient (Wildman–Crippen LogP) is 4.37. The van der Waals surface area contributed by atoms with Crippen LogP contribution in [0, 0.1) is 13.8 Å². The van der Waals surface area contributed by atoms with Crippen LogP contribution in [0.3, 0.4) is 0 Å². The van der Waals surface area contributed by atoms with Gasteiger partial charge in [-0.25, -0.2) is 38.5 Å². The van der Waals surface area contributed by atoms with Gasteiger partial charge in [-0.2, -0.15) is 0 Å². The van der Waals surface area contributed by atoms with Crippen molar-refractivity contribution in [2.45, 2.75) is 33.4 Å². The van der Waals surface area contributed by atoms with Gasteiger partial charge in [0.2, 0.25) is 0 Å². The molecule has 0 unspecified atom stereocenters. The molecule has 6 aromatic rings. The Morgan fingerprint density at radius 2 is 0.750 bits per heavy atom. The fourth-order valence-electron chi connectivity index (χ4n) is 5.89. The molecule has 0 aliphatic carbocycles. The maximum absolute atomic E-state index is 13.4. The topological polar surface area (TPSA) is 328 Å². The number of rotatable bonds is 10. The largest absolute Gasteiger partial charge is 0.744 e. The van der Waals surface area contributed by atoms with Crippen molar-refractivity contribution < 1.29 is 66.3 Å². The average molecular weight is 895 g/mol. The molecule has 4 N–H and O–H groups in total. The fourth-order valence-corrected chi connectivity index (χ4v) is 7.95. The minimum absolute atomic E-state index is 0.0128. The maximum Gasteiger partial charge on any atom is 0.323 e. The Morgan fingerprint density at radius 1 is 0.400 bits per heavy atom. The first-order valence-corrected chi connectivity index (χ1v) is 22.3. The van der Waals surface area contributed by atoms with Gasteiger partial charge in [0, 0.05) is 33.3 Å². The molecule has 4 amide bonds. The van der Waals surface area contributed by atoms with Gasteiger partial charge in [-0.1, -0.05) is 24.3 Å². The summed E-state index contributed by atoms with van der Waals surface area (Å²) in [5.74, 6) is -1.80. The Hall–Kier alpha value is -6.31. The van der Waals surface area contributed by atoms with Gasteiger partial charge in [0.1, 0.15) is 40.5 Å². The van der Waals surface area contributed by atoms with E-state index in [1.54, 1.807) is 13.8 Å². The summed E-state index contributed by atoms with van der Waals surface area (Å²) in [4.78, 5) is 37.3. The molecule has 6 aromatic carbocycles. The number of benzene rings is 6. The molecule has 0 bridgehead atoms. The van der Waals surface area contributed by atoms with E-state index < -0.39 is 77.9 Å². The van der Waals surface area contributed by atoms with Crippen LogP contribution in [0.15, 0.2) is 117 Å². The second-order valence-corrected chi connectivity index (χ2v) is 18.6. The molecule has 0 saturated carbocycles. The summed E-state index contributed by atoms with van der Waals surface area (Å²) in [5, 5.41) is 9.81. The average Bonchev–Trinajstić information content (AvgIpc) is 3.14. The van der Waals surface area contributed by atoms with Crippen LogP contribution in [-0.4, -0.2) is 69.7 Å². The van der Waals surface area contributed by atoms with Crippen LogP contribution >= 0.6 is 0 Å². The van der Waals surface area contributed by atoms with E-state index >= 15 is 0 Å². The highest BCUT2D eigenvalue weighted by Gasteiger charge is 2.18. The zero-order valence-electron chi connectivity index (χ0n) is 30.5. The number of carbonyl (C=O) groups excluding carboxylic acids is 3. The van der Waals surface area contributed by atoms with E-state index in [1.807, 2.05) is 0 Å². The van der Waals surface area contributed by atoms with Gasteiger partial charge in [-0.3, -0.25) is 9.59 Å². The number of amides is 4. The lowest BCUT2D eigenvalue weighted by atomic mass is 10.1. The van der Waals surface area contributed by atoms with Crippen molar-refractivity contribution in [3.05, 3.63) is 119 Å². The monoisotopic (exact) mass is 894 g/mol. The highest BCUT2D eigenvalue weighted by molar-refractivity contribution is 7.86. The number of carbonyl (C=O) groups is 3. The van der Waals surface area contributed by atoms with Crippen LogP contribution in [0.2, 0.25) is 0 Å². The molecule has 23 heteroatoms. The number of hydrogen-bond acceptors (Lipinski definition) is 15. The molecule has 0 spiro atoms. The first-order valence-electron chi connectivity index (χ1n) is 16.7. The number of hydrogen-bond donors (Lipinski definition) is 4. The van der Waals surface area contributed by atoms with Crippen molar-refractivity contribution in [2.75, 3.05) is 21.3 Å². The third-order valence-corrected chi connectivity index (χ3v) is 12.2. The first kappa shape index (κ1) is 43.3. The van der Waals surface area contributed by atoms with E-state index in [-0.39, 0.29) is 55.4 Å². The number of urea groups is 1. The van der Waals surface area contributed by atoms with Crippen LogP contribution in [0.4, 0.5) is 27.5 Å². The Bertz CT molecular complexity index is 3080. The molecule has 0 aliphatic rings. The van der Waals surface area contributed by atoms with Crippen molar-refractivity contribution in [1.82, 2.24) is 0 Å². The van der Waals surface area contributed by atoms with Crippen molar-refractivity contribution in [3.8, 4) is 0 Å². The van der Waals surface area contributed by atoms with Crippen LogP contribution in [-0.2, 0) is 40.5 Å². The minimum Gasteiger partial charge on any atom is -0.744 e. The molecule has 0 radical (unpaired) electrons. The third-order valence-electron chi connectivity index (χ3n) is 8.95. The molecule has 0 heterocycles. The summed E-state index contributed by atoms with van der Waals surface area (Å²) in [7, 11) is -20.1. The maximum atomic E-state index is 13.4. The first-order chi connectivity index (χ1) is 27.8. The van der Waals surface area contributed by atoms with Gasteiger partial charge in [0.05, 0.1) is 31.0 Å². The number of nitrogens with one attached hydrogen (secondary N) is 4. The third kappa shape index (κ3) is 9.59. The Kier molecular flexibility index (Phi) is 11.3. The zero-order valence-corrected chi connectivity index (χ0v) is 33.8. The number of aryl methyl sites for hydroxylation is 2. The van der Waals surface area contributed by atoms with Gasteiger partial charge in [-0.15, -0.1) is 0 Å². The molecule has 0 fully saturated rings. The summed E-state index contributed by atoms with van der Waals surface area (Å²) in [6.45, 7) is 3.17.